The summed E-state index contributed by atoms with van der Waals surface area (Å²) in [6, 6.07) is 6.45. The summed E-state index contributed by atoms with van der Waals surface area (Å²) in [4.78, 5) is 2.69. The van der Waals surface area contributed by atoms with Crippen molar-refractivity contribution in [3.63, 3.8) is 0 Å². The van der Waals surface area contributed by atoms with Gasteiger partial charge < -0.3 is 9.73 Å². The van der Waals surface area contributed by atoms with Crippen LogP contribution in [0.15, 0.2) is 22.6 Å². The first-order valence-electron chi connectivity index (χ1n) is 5.42. The van der Waals surface area contributed by atoms with Crippen molar-refractivity contribution < 1.29 is 4.42 Å². The fourth-order valence-electron chi connectivity index (χ4n) is 1.96. The molecule has 0 aromatic carbocycles. The van der Waals surface area contributed by atoms with Gasteiger partial charge in [-0.25, -0.2) is 0 Å². The molecule has 0 bridgehead atoms. The Morgan fingerprint density at radius 1 is 1.25 bits per heavy atom. The van der Waals surface area contributed by atoms with Gasteiger partial charge in [-0.2, -0.15) is 0 Å². The van der Waals surface area contributed by atoms with Crippen LogP contribution in [0.4, 0.5) is 0 Å². The Morgan fingerprint density at radius 2 is 2.00 bits per heavy atom. The van der Waals surface area contributed by atoms with E-state index >= 15 is 0 Å². The Bertz CT molecular complexity index is 484. The predicted molar refractivity (Wildman–Crippen MR) is 68.1 cm³/mol. The molecular formula is C13H17NOS. The second-order valence-electron chi connectivity index (χ2n) is 4.07. The number of nitrogens with one attached hydrogen (secondary N) is 1. The first-order valence-corrected chi connectivity index (χ1v) is 6.24. The molecular weight excluding hydrogens is 218 g/mol. The molecule has 2 aromatic heterocycles. The maximum Gasteiger partial charge on any atom is 0.126 e. The SMILES string of the molecule is CNC(c1ccc(C)o1)c1sc(C)cc1C. The summed E-state index contributed by atoms with van der Waals surface area (Å²) in [5, 5.41) is 3.32. The summed E-state index contributed by atoms with van der Waals surface area (Å²) in [6.45, 7) is 6.27. The first-order chi connectivity index (χ1) is 7.61. The lowest BCUT2D eigenvalue weighted by Gasteiger charge is -2.13. The molecule has 1 atom stereocenters. The monoisotopic (exact) mass is 235 g/mol. The second-order valence-corrected chi connectivity index (χ2v) is 5.36. The zero-order valence-electron chi connectivity index (χ0n) is 10.1. The summed E-state index contributed by atoms with van der Waals surface area (Å²) < 4.78 is 5.70. The minimum absolute atomic E-state index is 0.174. The summed E-state index contributed by atoms with van der Waals surface area (Å²) in [7, 11) is 1.97. The average molecular weight is 235 g/mol. The maximum atomic E-state index is 5.70. The quantitative estimate of drug-likeness (QED) is 0.879. The van der Waals surface area contributed by atoms with Gasteiger partial charge in [0.2, 0.25) is 0 Å². The standard InChI is InChI=1S/C13H17NOS/c1-8-7-10(3)16-13(8)12(14-4)11-6-5-9(2)15-11/h5-7,12,14H,1-4H3. The summed E-state index contributed by atoms with van der Waals surface area (Å²) in [5.74, 6) is 1.95. The van der Waals surface area contributed by atoms with Crippen molar-refractivity contribution in [1.82, 2.24) is 5.32 Å². The highest BCUT2D eigenvalue weighted by atomic mass is 32.1. The van der Waals surface area contributed by atoms with Crippen LogP contribution in [0.1, 0.15) is 32.9 Å². The van der Waals surface area contributed by atoms with Crippen molar-refractivity contribution in [2.45, 2.75) is 26.8 Å². The Morgan fingerprint density at radius 3 is 2.44 bits per heavy atom. The van der Waals surface area contributed by atoms with E-state index in [9.17, 15) is 0 Å². The van der Waals surface area contributed by atoms with Crippen molar-refractivity contribution in [3.8, 4) is 0 Å². The summed E-state index contributed by atoms with van der Waals surface area (Å²) in [6.07, 6.45) is 0. The van der Waals surface area contributed by atoms with Crippen molar-refractivity contribution in [3.05, 3.63) is 45.0 Å². The predicted octanol–water partition coefficient (Wildman–Crippen LogP) is 3.58. The van der Waals surface area contributed by atoms with Gasteiger partial charge in [0.05, 0.1) is 0 Å². The smallest absolute Gasteiger partial charge is 0.126 e. The largest absolute Gasteiger partial charge is 0.464 e. The zero-order chi connectivity index (χ0) is 11.7. The molecule has 0 aliphatic carbocycles. The Balaban J connectivity index is 2.40. The lowest BCUT2D eigenvalue weighted by Crippen LogP contribution is -2.16. The number of rotatable bonds is 3. The molecule has 0 aliphatic rings. The molecule has 0 radical (unpaired) electrons. The highest BCUT2D eigenvalue weighted by Crippen LogP contribution is 2.32. The molecule has 0 spiro atoms. The van der Waals surface area contributed by atoms with E-state index in [4.69, 9.17) is 4.42 Å². The van der Waals surface area contributed by atoms with Crippen LogP contribution in [0.2, 0.25) is 0 Å². The van der Waals surface area contributed by atoms with Gasteiger partial charge in [-0.3, -0.25) is 0 Å². The van der Waals surface area contributed by atoms with Crippen LogP contribution < -0.4 is 5.32 Å². The number of furan rings is 1. The van der Waals surface area contributed by atoms with Crippen LogP contribution in [-0.4, -0.2) is 7.05 Å². The van der Waals surface area contributed by atoms with E-state index in [1.54, 1.807) is 0 Å². The Labute approximate surface area is 100 Å². The molecule has 2 aromatic rings. The van der Waals surface area contributed by atoms with Crippen molar-refractivity contribution in [2.24, 2.45) is 0 Å². The second kappa shape index (κ2) is 4.44. The van der Waals surface area contributed by atoms with Gasteiger partial charge in [0.15, 0.2) is 0 Å². The number of hydrogen-bond acceptors (Lipinski definition) is 3. The number of aryl methyl sites for hydroxylation is 3. The van der Waals surface area contributed by atoms with Gasteiger partial charge in [-0.1, -0.05) is 0 Å². The summed E-state index contributed by atoms with van der Waals surface area (Å²) >= 11 is 1.83. The highest BCUT2D eigenvalue weighted by Gasteiger charge is 2.19. The first kappa shape index (κ1) is 11.4. The van der Waals surface area contributed by atoms with E-state index in [1.807, 2.05) is 37.4 Å². The fourth-order valence-corrected chi connectivity index (χ4v) is 3.11. The van der Waals surface area contributed by atoms with Gasteiger partial charge in [-0.05, 0) is 51.6 Å². The van der Waals surface area contributed by atoms with Crippen LogP contribution in [0.5, 0.6) is 0 Å². The topological polar surface area (TPSA) is 25.2 Å². The van der Waals surface area contributed by atoms with Crippen LogP contribution in [0.3, 0.4) is 0 Å². The van der Waals surface area contributed by atoms with Crippen LogP contribution in [-0.2, 0) is 0 Å². The fraction of sp³-hybridized carbons (Fsp3) is 0.385. The molecule has 0 saturated heterocycles. The van der Waals surface area contributed by atoms with Gasteiger partial charge in [0, 0.05) is 9.75 Å². The molecule has 0 amide bonds. The Hall–Kier alpha value is -1.06. The lowest BCUT2D eigenvalue weighted by atomic mass is 10.1. The van der Waals surface area contributed by atoms with Gasteiger partial charge in [0.1, 0.15) is 17.6 Å². The minimum atomic E-state index is 0.174. The molecule has 86 valence electrons. The third kappa shape index (κ3) is 2.06. The van der Waals surface area contributed by atoms with E-state index in [2.05, 4.69) is 25.2 Å². The van der Waals surface area contributed by atoms with E-state index in [-0.39, 0.29) is 6.04 Å². The van der Waals surface area contributed by atoms with Crippen LogP contribution in [0, 0.1) is 20.8 Å². The van der Waals surface area contributed by atoms with Gasteiger partial charge >= 0.3 is 0 Å². The highest BCUT2D eigenvalue weighted by molar-refractivity contribution is 7.12. The lowest BCUT2D eigenvalue weighted by molar-refractivity contribution is 0.446. The molecule has 16 heavy (non-hydrogen) atoms. The van der Waals surface area contributed by atoms with Gasteiger partial charge in [0.25, 0.3) is 0 Å². The van der Waals surface area contributed by atoms with E-state index < -0.39 is 0 Å². The number of hydrogen-bond donors (Lipinski definition) is 1. The molecule has 0 saturated carbocycles. The maximum absolute atomic E-state index is 5.70. The molecule has 2 rings (SSSR count). The molecule has 1 N–H and O–H groups in total. The average Bonchev–Trinajstić information content (AvgIpc) is 2.76. The van der Waals surface area contributed by atoms with E-state index in [0.29, 0.717) is 0 Å². The normalized spacial score (nSPS) is 13.0. The third-order valence-electron chi connectivity index (χ3n) is 2.68. The molecule has 2 nitrogen and oxygen atoms in total. The summed E-state index contributed by atoms with van der Waals surface area (Å²) in [5.41, 5.74) is 1.33. The van der Waals surface area contributed by atoms with Crippen LogP contribution >= 0.6 is 11.3 Å². The molecule has 0 fully saturated rings. The van der Waals surface area contributed by atoms with Crippen molar-refractivity contribution in [2.75, 3.05) is 7.05 Å². The molecule has 3 heteroatoms. The number of thiophene rings is 1. The minimum Gasteiger partial charge on any atom is -0.464 e. The van der Waals surface area contributed by atoms with Crippen molar-refractivity contribution in [1.29, 1.82) is 0 Å². The Kier molecular flexibility index (Phi) is 3.17. The molecule has 0 aliphatic heterocycles. The van der Waals surface area contributed by atoms with Gasteiger partial charge in [-0.15, -0.1) is 11.3 Å². The van der Waals surface area contributed by atoms with Crippen molar-refractivity contribution >= 4 is 11.3 Å². The van der Waals surface area contributed by atoms with E-state index in [0.717, 1.165) is 11.5 Å². The zero-order valence-corrected chi connectivity index (χ0v) is 10.9. The molecule has 2 heterocycles. The van der Waals surface area contributed by atoms with E-state index in [1.165, 1.54) is 15.3 Å². The molecule has 1 unspecified atom stereocenters. The third-order valence-corrected chi connectivity index (χ3v) is 3.89. The van der Waals surface area contributed by atoms with Crippen LogP contribution in [0.25, 0.3) is 0 Å².